The molecular weight excluding hydrogens is 330 g/mol. The number of benzene rings is 2. The van der Waals surface area contributed by atoms with Gasteiger partial charge in [0.25, 0.3) is 5.91 Å². The van der Waals surface area contributed by atoms with E-state index >= 15 is 0 Å². The average Bonchev–Trinajstić information content (AvgIpc) is 2.60. The van der Waals surface area contributed by atoms with Crippen molar-refractivity contribution in [1.82, 2.24) is 5.32 Å². The second kappa shape index (κ2) is 9.23. The molecule has 0 spiro atoms. The number of nitrogens with one attached hydrogen (secondary N) is 2. The van der Waals surface area contributed by atoms with Gasteiger partial charge in [0, 0.05) is 12.2 Å². The van der Waals surface area contributed by atoms with E-state index in [1.165, 1.54) is 0 Å². The fourth-order valence-electron chi connectivity index (χ4n) is 2.40. The summed E-state index contributed by atoms with van der Waals surface area (Å²) in [7, 11) is 0. The second-order valence-corrected chi connectivity index (χ2v) is 5.92. The third-order valence-corrected chi connectivity index (χ3v) is 3.63. The highest BCUT2D eigenvalue weighted by Gasteiger charge is 2.07. The summed E-state index contributed by atoms with van der Waals surface area (Å²) < 4.78 is 5.56. The molecule has 2 aromatic carbocycles. The summed E-state index contributed by atoms with van der Waals surface area (Å²) in [5.41, 5.74) is 3.56. The van der Waals surface area contributed by atoms with Gasteiger partial charge in [-0.1, -0.05) is 29.8 Å². The zero-order valence-corrected chi connectivity index (χ0v) is 14.8. The van der Waals surface area contributed by atoms with Crippen LogP contribution < -0.4 is 15.4 Å². The first-order valence-corrected chi connectivity index (χ1v) is 8.20. The maximum Gasteiger partial charge on any atom is 0.262 e. The molecule has 0 aliphatic heterocycles. The largest absolute Gasteiger partial charge is 0.483 e. The van der Waals surface area contributed by atoms with E-state index in [4.69, 9.17) is 10.00 Å². The predicted molar refractivity (Wildman–Crippen MR) is 98.6 cm³/mol. The van der Waals surface area contributed by atoms with Gasteiger partial charge < -0.3 is 15.4 Å². The van der Waals surface area contributed by atoms with Crippen LogP contribution in [0.2, 0.25) is 0 Å². The van der Waals surface area contributed by atoms with E-state index < -0.39 is 0 Å². The molecule has 0 atom stereocenters. The summed E-state index contributed by atoms with van der Waals surface area (Å²) in [6, 6.07) is 14.7. The lowest BCUT2D eigenvalue weighted by atomic mass is 10.1. The van der Waals surface area contributed by atoms with Crippen LogP contribution in [0.5, 0.6) is 5.75 Å². The molecule has 6 nitrogen and oxygen atoms in total. The molecule has 0 radical (unpaired) electrons. The van der Waals surface area contributed by atoms with Gasteiger partial charge >= 0.3 is 0 Å². The third-order valence-electron chi connectivity index (χ3n) is 3.63. The number of rotatable bonds is 7. The number of aryl methyl sites for hydroxylation is 2. The lowest BCUT2D eigenvalue weighted by molar-refractivity contribution is -0.120. The highest BCUT2D eigenvalue weighted by atomic mass is 16.5. The number of carbonyl (C=O) groups is 2. The fourth-order valence-corrected chi connectivity index (χ4v) is 2.40. The highest BCUT2D eigenvalue weighted by molar-refractivity contribution is 5.92. The Kier molecular flexibility index (Phi) is 6.75. The Morgan fingerprint density at radius 1 is 1.12 bits per heavy atom. The van der Waals surface area contributed by atoms with Crippen LogP contribution in [0.4, 0.5) is 5.69 Å². The van der Waals surface area contributed by atoms with Crippen LogP contribution in [0.3, 0.4) is 0 Å². The van der Waals surface area contributed by atoms with Crippen molar-refractivity contribution in [2.24, 2.45) is 0 Å². The minimum atomic E-state index is -0.330. The molecule has 0 aliphatic rings. The number of hydrogen-bond acceptors (Lipinski definition) is 4. The highest BCUT2D eigenvalue weighted by Crippen LogP contribution is 2.18. The molecule has 2 N–H and O–H groups in total. The Balaban J connectivity index is 1.87. The molecule has 0 aliphatic carbocycles. The standard InChI is InChI=1S/C20H21N3O3/c1-14-6-7-18(15(2)10-14)26-13-20(25)23-17-5-3-4-16(11-17)12-22-19(24)8-9-21/h3-7,10-11H,8,12-13H2,1-2H3,(H,22,24)(H,23,25). The van der Waals surface area contributed by atoms with Gasteiger partial charge in [-0.2, -0.15) is 5.26 Å². The first-order valence-electron chi connectivity index (χ1n) is 8.20. The van der Waals surface area contributed by atoms with Crippen LogP contribution >= 0.6 is 0 Å². The minimum Gasteiger partial charge on any atom is -0.483 e. The molecule has 2 aromatic rings. The third kappa shape index (κ3) is 5.95. The predicted octanol–water partition coefficient (Wildman–Crippen LogP) is 2.85. The van der Waals surface area contributed by atoms with Crippen molar-refractivity contribution in [1.29, 1.82) is 5.26 Å². The van der Waals surface area contributed by atoms with Crippen LogP contribution in [0.15, 0.2) is 42.5 Å². The van der Waals surface area contributed by atoms with Crippen molar-refractivity contribution in [2.45, 2.75) is 26.8 Å². The summed E-state index contributed by atoms with van der Waals surface area (Å²) in [6.45, 7) is 4.14. The van der Waals surface area contributed by atoms with Crippen molar-refractivity contribution in [2.75, 3.05) is 11.9 Å². The zero-order chi connectivity index (χ0) is 18.9. The molecule has 2 amide bonds. The summed E-state index contributed by atoms with van der Waals surface area (Å²) in [6.07, 6.45) is -0.174. The van der Waals surface area contributed by atoms with Crippen molar-refractivity contribution in [3.05, 3.63) is 59.2 Å². The van der Waals surface area contributed by atoms with Crippen LogP contribution in [0.1, 0.15) is 23.1 Å². The van der Waals surface area contributed by atoms with Gasteiger partial charge in [-0.25, -0.2) is 0 Å². The fraction of sp³-hybridized carbons (Fsp3) is 0.250. The number of anilines is 1. The smallest absolute Gasteiger partial charge is 0.262 e. The number of ether oxygens (including phenoxy) is 1. The molecular formula is C20H21N3O3. The molecule has 0 heterocycles. The first kappa shape index (κ1) is 19.0. The van der Waals surface area contributed by atoms with E-state index in [9.17, 15) is 9.59 Å². The monoisotopic (exact) mass is 351 g/mol. The van der Waals surface area contributed by atoms with Gasteiger partial charge in [-0.05, 0) is 43.2 Å². The van der Waals surface area contributed by atoms with Gasteiger partial charge in [-0.3, -0.25) is 9.59 Å². The van der Waals surface area contributed by atoms with Gasteiger partial charge in [0.2, 0.25) is 5.91 Å². The van der Waals surface area contributed by atoms with E-state index in [-0.39, 0.29) is 24.8 Å². The molecule has 134 valence electrons. The molecule has 0 saturated carbocycles. The van der Waals surface area contributed by atoms with Gasteiger partial charge in [0.15, 0.2) is 6.61 Å². The first-order chi connectivity index (χ1) is 12.5. The van der Waals surface area contributed by atoms with Crippen LogP contribution in [-0.2, 0) is 16.1 Å². The van der Waals surface area contributed by atoms with Crippen molar-refractivity contribution in [3.63, 3.8) is 0 Å². The van der Waals surface area contributed by atoms with E-state index in [0.717, 1.165) is 16.7 Å². The number of carbonyl (C=O) groups excluding carboxylic acids is 2. The Labute approximate surface area is 152 Å². The van der Waals surface area contributed by atoms with E-state index in [1.807, 2.05) is 38.1 Å². The van der Waals surface area contributed by atoms with Gasteiger partial charge in [-0.15, -0.1) is 0 Å². The quantitative estimate of drug-likeness (QED) is 0.802. The molecule has 26 heavy (non-hydrogen) atoms. The number of amides is 2. The van der Waals surface area contributed by atoms with Crippen molar-refractivity contribution in [3.8, 4) is 11.8 Å². The lowest BCUT2D eigenvalue weighted by Gasteiger charge is -2.11. The molecule has 0 unspecified atom stereocenters. The molecule has 0 aromatic heterocycles. The van der Waals surface area contributed by atoms with E-state index in [1.54, 1.807) is 24.3 Å². The number of nitrogens with zero attached hydrogens (tertiary/aromatic N) is 1. The topological polar surface area (TPSA) is 91.2 Å². The molecule has 0 saturated heterocycles. The van der Waals surface area contributed by atoms with Crippen LogP contribution in [-0.4, -0.2) is 18.4 Å². The van der Waals surface area contributed by atoms with Crippen molar-refractivity contribution < 1.29 is 14.3 Å². The van der Waals surface area contributed by atoms with Crippen LogP contribution in [0.25, 0.3) is 0 Å². The summed E-state index contributed by atoms with van der Waals surface area (Å²) in [5.74, 6) is 0.0825. The summed E-state index contributed by atoms with van der Waals surface area (Å²) in [4.78, 5) is 23.4. The Bertz CT molecular complexity index is 840. The van der Waals surface area contributed by atoms with Crippen molar-refractivity contribution >= 4 is 17.5 Å². The Morgan fingerprint density at radius 3 is 2.65 bits per heavy atom. The molecule has 0 fully saturated rings. The zero-order valence-electron chi connectivity index (χ0n) is 14.8. The van der Waals surface area contributed by atoms with E-state index in [2.05, 4.69) is 10.6 Å². The van der Waals surface area contributed by atoms with E-state index in [0.29, 0.717) is 18.0 Å². The lowest BCUT2D eigenvalue weighted by Crippen LogP contribution is -2.22. The molecule has 0 bridgehead atoms. The Morgan fingerprint density at radius 2 is 1.92 bits per heavy atom. The van der Waals surface area contributed by atoms with Gasteiger partial charge in [0.05, 0.1) is 6.07 Å². The maximum atomic E-state index is 12.1. The van der Waals surface area contributed by atoms with Crippen LogP contribution in [0, 0.1) is 25.2 Å². The molecule has 6 heteroatoms. The SMILES string of the molecule is Cc1ccc(OCC(=O)Nc2cccc(CNC(=O)CC#N)c2)c(C)c1. The Hall–Kier alpha value is -3.33. The summed E-state index contributed by atoms with van der Waals surface area (Å²) >= 11 is 0. The maximum absolute atomic E-state index is 12.1. The second-order valence-electron chi connectivity index (χ2n) is 5.92. The minimum absolute atomic E-state index is 0.0902. The normalized spacial score (nSPS) is 9.88. The summed E-state index contributed by atoms with van der Waals surface area (Å²) in [5, 5.41) is 13.9. The molecule has 2 rings (SSSR count). The number of nitriles is 1. The average molecular weight is 351 g/mol. The van der Waals surface area contributed by atoms with Gasteiger partial charge in [0.1, 0.15) is 12.2 Å². The number of hydrogen-bond donors (Lipinski definition) is 2.